The Kier molecular flexibility index (Phi) is 5.77. The summed E-state index contributed by atoms with van der Waals surface area (Å²) >= 11 is 7.04. The zero-order valence-corrected chi connectivity index (χ0v) is 18.6. The number of urea groups is 1. The first kappa shape index (κ1) is 21.4. The van der Waals surface area contributed by atoms with Crippen molar-refractivity contribution >= 4 is 51.8 Å². The number of phenols is 1. The number of anilines is 4. The fourth-order valence-corrected chi connectivity index (χ4v) is 4.92. The minimum Gasteiger partial charge on any atom is -0.506 e. The van der Waals surface area contributed by atoms with Crippen molar-refractivity contribution in [1.29, 1.82) is 0 Å². The summed E-state index contributed by atoms with van der Waals surface area (Å²) in [7, 11) is 0. The van der Waals surface area contributed by atoms with Crippen molar-refractivity contribution in [3.63, 3.8) is 0 Å². The molecule has 2 heterocycles. The quantitative estimate of drug-likeness (QED) is 0.406. The fourth-order valence-electron chi connectivity index (χ4n) is 4.22. The van der Waals surface area contributed by atoms with Crippen LogP contribution in [0, 0.1) is 5.82 Å². The number of phenolic OH excluding ortho intramolecular Hbond substituents is 1. The van der Waals surface area contributed by atoms with E-state index >= 15 is 0 Å². The third-order valence-corrected chi connectivity index (χ3v) is 6.86. The lowest BCUT2D eigenvalue weighted by atomic mass is 9.77. The first-order valence-electron chi connectivity index (χ1n) is 9.96. The van der Waals surface area contributed by atoms with E-state index < -0.39 is 11.4 Å². The van der Waals surface area contributed by atoms with Crippen molar-refractivity contribution < 1.29 is 14.3 Å². The molecule has 31 heavy (non-hydrogen) atoms. The average Bonchev–Trinajstić information content (AvgIpc) is 3.33. The topological polar surface area (TPSA) is 77.5 Å². The smallest absolute Gasteiger partial charge is 0.324 e. The molecule has 2 aromatic carbocycles. The molecular weight excluding hydrogens is 439 g/mol. The van der Waals surface area contributed by atoms with Crippen LogP contribution in [0.1, 0.15) is 32.3 Å². The molecule has 0 radical (unpaired) electrons. The van der Waals surface area contributed by atoms with Gasteiger partial charge in [0.25, 0.3) is 0 Å². The molecule has 0 bridgehead atoms. The third-order valence-electron chi connectivity index (χ3n) is 5.88. The Hall–Kier alpha value is -2.84. The minimum atomic E-state index is -0.477. The Morgan fingerprint density at radius 1 is 1.26 bits per heavy atom. The number of carbonyl (C=O) groups is 1. The Morgan fingerprint density at radius 3 is 2.68 bits per heavy atom. The first-order valence-corrected chi connectivity index (χ1v) is 11.2. The van der Waals surface area contributed by atoms with Crippen LogP contribution in [0.15, 0.2) is 41.8 Å². The van der Waals surface area contributed by atoms with Gasteiger partial charge in [-0.1, -0.05) is 37.6 Å². The van der Waals surface area contributed by atoms with Gasteiger partial charge in [0.05, 0.1) is 17.1 Å². The van der Waals surface area contributed by atoms with E-state index in [1.807, 2.05) is 30.9 Å². The molecule has 1 aliphatic rings. The Balaban J connectivity index is 1.72. The number of aromatic hydroxyl groups is 1. The van der Waals surface area contributed by atoms with Crippen molar-refractivity contribution in [2.75, 3.05) is 22.1 Å². The number of carbonyl (C=O) groups excluding carboxylic acids is 1. The van der Waals surface area contributed by atoms with Gasteiger partial charge in [-0.25, -0.2) is 14.2 Å². The molecule has 0 unspecified atom stereocenters. The number of para-hydroxylation sites is 2. The van der Waals surface area contributed by atoms with Crippen LogP contribution < -0.4 is 15.5 Å². The van der Waals surface area contributed by atoms with Crippen LogP contribution in [0.5, 0.6) is 5.75 Å². The van der Waals surface area contributed by atoms with Crippen LogP contribution in [0.4, 0.5) is 32.1 Å². The van der Waals surface area contributed by atoms with Crippen molar-refractivity contribution in [2.45, 2.75) is 32.1 Å². The molecule has 3 aromatic rings. The van der Waals surface area contributed by atoms with Crippen LogP contribution in [-0.4, -0.2) is 22.7 Å². The van der Waals surface area contributed by atoms with Gasteiger partial charge in [0.15, 0.2) is 4.47 Å². The molecule has 1 aliphatic heterocycles. The summed E-state index contributed by atoms with van der Waals surface area (Å²) in [6.45, 7) is 4.54. The van der Waals surface area contributed by atoms with Crippen LogP contribution in [0.2, 0.25) is 4.47 Å². The third kappa shape index (κ3) is 3.81. The number of amides is 2. The summed E-state index contributed by atoms with van der Waals surface area (Å²) in [6, 6.07) is 9.45. The van der Waals surface area contributed by atoms with Gasteiger partial charge >= 0.3 is 6.03 Å². The van der Waals surface area contributed by atoms with E-state index in [0.717, 1.165) is 0 Å². The molecule has 6 nitrogen and oxygen atoms in total. The zero-order chi connectivity index (χ0) is 22.2. The summed E-state index contributed by atoms with van der Waals surface area (Å²) in [6.07, 6.45) is 1.43. The van der Waals surface area contributed by atoms with Crippen molar-refractivity contribution in [3.8, 4) is 5.75 Å². The van der Waals surface area contributed by atoms with Crippen molar-refractivity contribution in [1.82, 2.24) is 4.98 Å². The van der Waals surface area contributed by atoms with E-state index in [-0.39, 0.29) is 11.6 Å². The highest BCUT2D eigenvalue weighted by atomic mass is 35.5. The lowest BCUT2D eigenvalue weighted by Gasteiger charge is -2.29. The minimum absolute atomic E-state index is 0.0107. The van der Waals surface area contributed by atoms with E-state index in [1.165, 1.54) is 23.5 Å². The van der Waals surface area contributed by atoms with Gasteiger partial charge in [0.1, 0.15) is 17.4 Å². The number of hydrogen-bond donors (Lipinski definition) is 3. The molecule has 0 saturated carbocycles. The Morgan fingerprint density at radius 2 is 2.00 bits per heavy atom. The molecule has 9 heteroatoms. The van der Waals surface area contributed by atoms with E-state index in [2.05, 4.69) is 15.6 Å². The van der Waals surface area contributed by atoms with Crippen molar-refractivity contribution in [2.24, 2.45) is 0 Å². The molecular formula is C22H22ClFN4O2S. The molecule has 0 spiro atoms. The standard InChI is InChI=1S/C22H22ClFN4O2S/c1-3-22(4-2)12-28(19-16(29)10-9-13(24)18(19)22)15-8-6-5-7-14(15)25-21(30)27-17-11-31-20(23)26-17/h5-11,29H,3-4,12H2,1-2H3,(H2,25,27,30). The lowest BCUT2D eigenvalue weighted by molar-refractivity contribution is 0.262. The highest BCUT2D eigenvalue weighted by Crippen LogP contribution is 2.53. The van der Waals surface area contributed by atoms with Crippen LogP contribution in [-0.2, 0) is 5.41 Å². The Bertz CT molecular complexity index is 1130. The van der Waals surface area contributed by atoms with Gasteiger partial charge in [0, 0.05) is 22.9 Å². The largest absolute Gasteiger partial charge is 0.506 e. The van der Waals surface area contributed by atoms with Gasteiger partial charge in [-0.3, -0.25) is 5.32 Å². The second-order valence-electron chi connectivity index (χ2n) is 7.45. The van der Waals surface area contributed by atoms with Gasteiger partial charge in [-0.2, -0.15) is 0 Å². The summed E-state index contributed by atoms with van der Waals surface area (Å²) < 4.78 is 15.3. The average molecular weight is 461 g/mol. The molecule has 0 atom stereocenters. The lowest BCUT2D eigenvalue weighted by Crippen LogP contribution is -2.31. The molecule has 2 amide bonds. The van der Waals surface area contributed by atoms with E-state index in [9.17, 15) is 14.3 Å². The number of thiazole rings is 1. The van der Waals surface area contributed by atoms with Crippen LogP contribution in [0.25, 0.3) is 0 Å². The van der Waals surface area contributed by atoms with Gasteiger partial charge < -0.3 is 15.3 Å². The zero-order valence-electron chi connectivity index (χ0n) is 17.1. The van der Waals surface area contributed by atoms with Gasteiger partial charge in [-0.15, -0.1) is 11.3 Å². The van der Waals surface area contributed by atoms with Gasteiger partial charge in [-0.05, 0) is 37.1 Å². The summed E-state index contributed by atoms with van der Waals surface area (Å²) in [5.74, 6) is 0.0336. The highest BCUT2D eigenvalue weighted by Gasteiger charge is 2.44. The molecule has 1 aromatic heterocycles. The maximum atomic E-state index is 14.9. The summed E-state index contributed by atoms with van der Waals surface area (Å²) in [5.41, 5.74) is 1.72. The predicted octanol–water partition coefficient (Wildman–Crippen LogP) is 6.49. The number of rotatable bonds is 5. The maximum absolute atomic E-state index is 14.9. The number of nitrogens with zero attached hydrogens (tertiary/aromatic N) is 2. The SMILES string of the molecule is CCC1(CC)CN(c2ccccc2NC(=O)Nc2csc(Cl)n2)c2c(O)ccc(F)c21. The van der Waals surface area contributed by atoms with E-state index in [4.69, 9.17) is 11.6 Å². The predicted molar refractivity (Wildman–Crippen MR) is 124 cm³/mol. The molecule has 3 N–H and O–H groups in total. The van der Waals surface area contributed by atoms with Gasteiger partial charge in [0.2, 0.25) is 0 Å². The second-order valence-corrected chi connectivity index (χ2v) is 8.89. The van der Waals surface area contributed by atoms with E-state index in [0.29, 0.717) is 52.3 Å². The number of halogens is 2. The Labute approximate surface area is 188 Å². The summed E-state index contributed by atoms with van der Waals surface area (Å²) in [4.78, 5) is 18.4. The van der Waals surface area contributed by atoms with Crippen molar-refractivity contribution in [3.05, 3.63) is 57.6 Å². The number of nitrogens with one attached hydrogen (secondary N) is 2. The molecule has 4 rings (SSSR count). The van der Waals surface area contributed by atoms with Crippen LogP contribution in [0.3, 0.4) is 0 Å². The maximum Gasteiger partial charge on any atom is 0.324 e. The molecule has 162 valence electrons. The second kappa shape index (κ2) is 8.36. The molecule has 0 aliphatic carbocycles. The highest BCUT2D eigenvalue weighted by molar-refractivity contribution is 7.14. The number of hydrogen-bond acceptors (Lipinski definition) is 5. The number of benzene rings is 2. The molecule has 0 fully saturated rings. The number of fused-ring (bicyclic) bond motifs is 1. The summed E-state index contributed by atoms with van der Waals surface area (Å²) in [5, 5.41) is 17.8. The molecule has 0 saturated heterocycles. The number of aromatic nitrogens is 1. The fraction of sp³-hybridized carbons (Fsp3) is 0.273. The van der Waals surface area contributed by atoms with E-state index in [1.54, 1.807) is 17.5 Å². The van der Waals surface area contributed by atoms with Crippen LogP contribution >= 0.6 is 22.9 Å². The normalized spacial score (nSPS) is 14.4. The monoisotopic (exact) mass is 460 g/mol. The first-order chi connectivity index (χ1) is 14.9.